The number of hydroxylamine groups is 1. The number of hydrogen-bond donors (Lipinski definition) is 5. The average molecular weight is 461 g/mol. The number of sulfonamides is 1. The van der Waals surface area contributed by atoms with Crippen molar-refractivity contribution in [3.8, 4) is 17.7 Å². The lowest BCUT2D eigenvalue weighted by Crippen LogP contribution is -2.45. The zero-order chi connectivity index (χ0) is 23.4. The molecule has 2 rings (SSSR count). The maximum absolute atomic E-state index is 12.7. The number of benzene rings is 2. The highest BCUT2D eigenvalue weighted by Crippen LogP contribution is 2.22. The molecule has 2 aromatic rings. The molecule has 0 aliphatic heterocycles. The van der Waals surface area contributed by atoms with Gasteiger partial charge in [-0.3, -0.25) is 10.0 Å². The largest absolute Gasteiger partial charge is 0.457 e. The number of rotatable bonds is 11. The molecule has 0 aliphatic carbocycles. The van der Waals surface area contributed by atoms with Crippen LogP contribution in [0.3, 0.4) is 0 Å². The number of guanidine groups is 1. The number of carbonyl (C=O) groups is 1. The molecule has 170 valence electrons. The Morgan fingerprint density at radius 3 is 2.41 bits per heavy atom. The molecule has 0 saturated carbocycles. The molecule has 0 heterocycles. The molecular formula is C20H24N6O5S. The molecular weight excluding hydrogens is 436 g/mol. The van der Waals surface area contributed by atoms with Crippen molar-refractivity contribution < 1.29 is 23.2 Å². The van der Waals surface area contributed by atoms with Crippen LogP contribution in [0, 0.1) is 11.5 Å². The first kappa shape index (κ1) is 24.6. The molecule has 0 bridgehead atoms. The lowest BCUT2D eigenvalue weighted by molar-refractivity contribution is -0.131. The van der Waals surface area contributed by atoms with Gasteiger partial charge in [0.05, 0.1) is 4.90 Å². The first-order valence-electron chi connectivity index (χ1n) is 9.61. The maximum Gasteiger partial charge on any atom is 0.261 e. The summed E-state index contributed by atoms with van der Waals surface area (Å²) in [6.07, 6.45) is 2.61. The fourth-order valence-electron chi connectivity index (χ4n) is 2.67. The lowest BCUT2D eigenvalue weighted by Gasteiger charge is -2.17. The smallest absolute Gasteiger partial charge is 0.261 e. The van der Waals surface area contributed by atoms with Crippen LogP contribution in [-0.4, -0.2) is 38.1 Å². The molecule has 6 N–H and O–H groups in total. The number of unbranched alkanes of at least 4 members (excludes halogenated alkanes) is 1. The van der Waals surface area contributed by atoms with E-state index in [-0.39, 0.29) is 17.3 Å². The fraction of sp³-hybridized carbons (Fsp3) is 0.250. The first-order chi connectivity index (χ1) is 15.4. The molecule has 12 heteroatoms. The van der Waals surface area contributed by atoms with E-state index in [2.05, 4.69) is 15.0 Å². The van der Waals surface area contributed by atoms with Gasteiger partial charge in [0.1, 0.15) is 17.5 Å². The molecule has 11 nitrogen and oxygen atoms in total. The van der Waals surface area contributed by atoms with Crippen molar-refractivity contribution in [2.75, 3.05) is 6.54 Å². The molecule has 2 aromatic carbocycles. The fourth-order valence-corrected chi connectivity index (χ4v) is 3.90. The number of hydrogen-bond acceptors (Lipinski definition) is 7. The van der Waals surface area contributed by atoms with Crippen LogP contribution in [0.5, 0.6) is 11.5 Å². The van der Waals surface area contributed by atoms with Crippen LogP contribution < -0.4 is 26.0 Å². The standard InChI is InChI=1S/C20H24N6O5S/c21-14-24-20(22)23-13-5-4-8-18(19(27)25-28)26-32(29,30)17-11-9-16(10-12-17)31-15-6-2-1-3-7-15/h1-3,6-7,9-12,18,26,28H,4-5,8,13H2,(H,25,27)(H3,22,23,24)/t18-/m1/s1. The molecule has 1 atom stereocenters. The average Bonchev–Trinajstić information content (AvgIpc) is 2.78. The van der Waals surface area contributed by atoms with Crippen LogP contribution in [0.2, 0.25) is 0 Å². The predicted octanol–water partition coefficient (Wildman–Crippen LogP) is 1.19. The molecule has 0 aliphatic rings. The van der Waals surface area contributed by atoms with Crippen LogP contribution >= 0.6 is 0 Å². The second-order valence-electron chi connectivity index (χ2n) is 6.56. The van der Waals surface area contributed by atoms with Crippen LogP contribution in [0.1, 0.15) is 19.3 Å². The van der Waals surface area contributed by atoms with Crippen molar-refractivity contribution in [2.24, 2.45) is 10.7 Å². The van der Waals surface area contributed by atoms with E-state index in [0.29, 0.717) is 30.9 Å². The molecule has 1 amide bonds. The van der Waals surface area contributed by atoms with E-state index in [0.717, 1.165) is 0 Å². The third-order valence-electron chi connectivity index (χ3n) is 4.23. The Kier molecular flexibility index (Phi) is 9.43. The number of nitriles is 1. The number of para-hydroxylation sites is 1. The Morgan fingerprint density at radius 1 is 1.12 bits per heavy atom. The summed E-state index contributed by atoms with van der Waals surface area (Å²) in [5, 5.41) is 20.0. The van der Waals surface area contributed by atoms with Gasteiger partial charge in [-0.15, -0.1) is 4.99 Å². The van der Waals surface area contributed by atoms with E-state index in [1.165, 1.54) is 29.7 Å². The van der Waals surface area contributed by atoms with E-state index in [4.69, 9.17) is 20.9 Å². The number of amides is 1. The van der Waals surface area contributed by atoms with Crippen LogP contribution in [0.15, 0.2) is 64.5 Å². The highest BCUT2D eigenvalue weighted by Gasteiger charge is 2.25. The number of carbonyl (C=O) groups excluding carboxylic acids is 1. The lowest BCUT2D eigenvalue weighted by atomic mass is 10.1. The molecule has 0 aromatic heterocycles. The molecule has 0 unspecified atom stereocenters. The summed E-state index contributed by atoms with van der Waals surface area (Å²) < 4.78 is 33.3. The van der Waals surface area contributed by atoms with E-state index in [9.17, 15) is 13.2 Å². The highest BCUT2D eigenvalue weighted by atomic mass is 32.2. The van der Waals surface area contributed by atoms with Crippen molar-refractivity contribution in [1.82, 2.24) is 15.5 Å². The van der Waals surface area contributed by atoms with Gasteiger partial charge < -0.3 is 15.8 Å². The number of ether oxygens (including phenoxy) is 1. The second kappa shape index (κ2) is 12.3. The summed E-state index contributed by atoms with van der Waals surface area (Å²) in [5.41, 5.74) is 6.89. The number of aliphatic imine (C=N–C) groups is 1. The number of nitrogens with one attached hydrogen (secondary N) is 3. The molecule has 0 radical (unpaired) electrons. The Labute approximate surface area is 185 Å². The van der Waals surface area contributed by atoms with Crippen molar-refractivity contribution in [3.05, 3.63) is 54.6 Å². The minimum Gasteiger partial charge on any atom is -0.457 e. The van der Waals surface area contributed by atoms with E-state index < -0.39 is 22.0 Å². The van der Waals surface area contributed by atoms with Crippen molar-refractivity contribution >= 4 is 21.9 Å². The normalized spacial score (nSPS) is 12.4. The highest BCUT2D eigenvalue weighted by molar-refractivity contribution is 7.89. The summed E-state index contributed by atoms with van der Waals surface area (Å²) in [5.74, 6) is 0.149. The van der Waals surface area contributed by atoms with Gasteiger partial charge in [-0.25, -0.2) is 13.9 Å². The van der Waals surface area contributed by atoms with Gasteiger partial charge in [-0.05, 0) is 55.7 Å². The monoisotopic (exact) mass is 460 g/mol. The zero-order valence-electron chi connectivity index (χ0n) is 17.1. The Morgan fingerprint density at radius 2 is 1.78 bits per heavy atom. The van der Waals surface area contributed by atoms with Gasteiger partial charge in [-0.2, -0.15) is 9.98 Å². The Balaban J connectivity index is 1.96. The van der Waals surface area contributed by atoms with Gasteiger partial charge in [0, 0.05) is 6.54 Å². The zero-order valence-corrected chi connectivity index (χ0v) is 17.9. The van der Waals surface area contributed by atoms with Crippen LogP contribution in [0.4, 0.5) is 0 Å². The summed E-state index contributed by atoms with van der Waals surface area (Å²) in [4.78, 5) is 15.2. The third kappa shape index (κ3) is 7.88. The molecule has 0 saturated heterocycles. The van der Waals surface area contributed by atoms with Crippen LogP contribution in [-0.2, 0) is 14.8 Å². The van der Waals surface area contributed by atoms with E-state index >= 15 is 0 Å². The first-order valence-corrected chi connectivity index (χ1v) is 11.1. The summed E-state index contributed by atoms with van der Waals surface area (Å²) >= 11 is 0. The predicted molar refractivity (Wildman–Crippen MR) is 116 cm³/mol. The van der Waals surface area contributed by atoms with Gasteiger partial charge in [0.25, 0.3) is 5.91 Å². The van der Waals surface area contributed by atoms with Crippen molar-refractivity contribution in [2.45, 2.75) is 30.2 Å². The molecule has 0 spiro atoms. The topological polar surface area (TPSA) is 179 Å². The second-order valence-corrected chi connectivity index (χ2v) is 8.27. The summed E-state index contributed by atoms with van der Waals surface area (Å²) in [6, 6.07) is 13.5. The van der Waals surface area contributed by atoms with Gasteiger partial charge >= 0.3 is 0 Å². The minimum atomic E-state index is -4.04. The summed E-state index contributed by atoms with van der Waals surface area (Å²) in [6.45, 7) is 0.375. The number of nitrogens with zero attached hydrogens (tertiary/aromatic N) is 2. The van der Waals surface area contributed by atoms with E-state index in [1.54, 1.807) is 18.3 Å². The van der Waals surface area contributed by atoms with E-state index in [1.807, 2.05) is 18.2 Å². The SMILES string of the molecule is N#C/N=C(\N)NCCCC[C@@H](NS(=O)(=O)c1ccc(Oc2ccccc2)cc1)C(=O)NO. The quantitative estimate of drug-likeness (QED) is 0.0828. The number of nitrogens with two attached hydrogens (primary N) is 1. The third-order valence-corrected chi connectivity index (χ3v) is 5.72. The van der Waals surface area contributed by atoms with Gasteiger partial charge in [-0.1, -0.05) is 18.2 Å². The Hall–Kier alpha value is -3.66. The van der Waals surface area contributed by atoms with Crippen LogP contribution in [0.25, 0.3) is 0 Å². The summed E-state index contributed by atoms with van der Waals surface area (Å²) in [7, 11) is -4.04. The van der Waals surface area contributed by atoms with Gasteiger partial charge in [0.2, 0.25) is 22.2 Å². The molecule has 32 heavy (non-hydrogen) atoms. The minimum absolute atomic E-state index is 0.0301. The van der Waals surface area contributed by atoms with Crippen molar-refractivity contribution in [3.63, 3.8) is 0 Å². The maximum atomic E-state index is 12.7. The van der Waals surface area contributed by atoms with Gasteiger partial charge in [0.15, 0.2) is 0 Å². The Bertz CT molecular complexity index is 1050. The molecule has 0 fully saturated rings. The van der Waals surface area contributed by atoms with Crippen molar-refractivity contribution in [1.29, 1.82) is 5.26 Å².